The van der Waals surface area contributed by atoms with Gasteiger partial charge in [-0.2, -0.15) is 0 Å². The highest BCUT2D eigenvalue weighted by atomic mass is 32.1. The molecule has 2 aromatic heterocycles. The Kier molecular flexibility index (Phi) is 6.87. The maximum Gasteiger partial charge on any atom is 0.0548 e. The SMILES string of the molecule is C=C1/C=C\C=C/N(c2ccc(-c3ccccc3)cc2)c2ccc3c(sc4ccc(-c5ccc(-n6c7ccccc7c7ccccc76)cc5)cc43)c21. The van der Waals surface area contributed by atoms with E-state index in [2.05, 4.69) is 198 Å². The zero-order valence-electron chi connectivity index (χ0n) is 27.8. The summed E-state index contributed by atoms with van der Waals surface area (Å²) < 4.78 is 4.91. The lowest BCUT2D eigenvalue weighted by Crippen LogP contribution is -2.11. The van der Waals surface area contributed by atoms with Gasteiger partial charge in [0, 0.05) is 54.1 Å². The average molecular weight is 669 g/mol. The quantitative estimate of drug-likeness (QED) is 0.181. The molecule has 1 aliphatic rings. The zero-order valence-corrected chi connectivity index (χ0v) is 28.6. The zero-order chi connectivity index (χ0) is 33.9. The van der Waals surface area contributed by atoms with Gasteiger partial charge in [0.05, 0.1) is 16.7 Å². The summed E-state index contributed by atoms with van der Waals surface area (Å²) in [7, 11) is 0. The Morgan fingerprint density at radius 2 is 1.08 bits per heavy atom. The molecule has 0 atom stereocenters. The molecule has 7 aromatic carbocycles. The molecule has 0 aliphatic carbocycles. The first-order chi connectivity index (χ1) is 25.2. The monoisotopic (exact) mass is 668 g/mol. The van der Waals surface area contributed by atoms with E-state index in [0.717, 1.165) is 22.6 Å². The molecule has 0 saturated carbocycles. The van der Waals surface area contributed by atoms with Crippen molar-refractivity contribution in [2.45, 2.75) is 0 Å². The molecule has 2 nitrogen and oxygen atoms in total. The van der Waals surface area contributed by atoms with Gasteiger partial charge in [0.2, 0.25) is 0 Å². The number of benzene rings is 7. The minimum absolute atomic E-state index is 1.01. The van der Waals surface area contributed by atoms with Crippen LogP contribution in [0.4, 0.5) is 11.4 Å². The molecule has 3 heterocycles. The number of rotatable bonds is 4. The van der Waals surface area contributed by atoms with Crippen LogP contribution in [0.1, 0.15) is 5.56 Å². The fourth-order valence-corrected chi connectivity index (χ4v) is 8.93. The van der Waals surface area contributed by atoms with Crippen LogP contribution < -0.4 is 4.90 Å². The van der Waals surface area contributed by atoms with E-state index in [1.807, 2.05) is 11.3 Å². The highest BCUT2D eigenvalue weighted by Gasteiger charge is 2.20. The fraction of sp³-hybridized carbons (Fsp3) is 0. The van der Waals surface area contributed by atoms with Gasteiger partial charge in [-0.05, 0) is 88.5 Å². The fourth-order valence-electron chi connectivity index (χ4n) is 7.67. The van der Waals surface area contributed by atoms with Gasteiger partial charge in [-0.15, -0.1) is 11.3 Å². The number of allylic oxidation sites excluding steroid dienone is 4. The van der Waals surface area contributed by atoms with Crippen molar-refractivity contribution in [2.75, 3.05) is 4.90 Å². The minimum Gasteiger partial charge on any atom is -0.317 e. The van der Waals surface area contributed by atoms with Crippen LogP contribution in [0.2, 0.25) is 0 Å². The third-order valence-corrected chi connectivity index (χ3v) is 11.3. The van der Waals surface area contributed by atoms with Crippen molar-refractivity contribution >= 4 is 70.3 Å². The van der Waals surface area contributed by atoms with Gasteiger partial charge in [-0.3, -0.25) is 0 Å². The highest BCUT2D eigenvalue weighted by Crippen LogP contribution is 2.46. The maximum atomic E-state index is 4.55. The molecule has 0 fully saturated rings. The van der Waals surface area contributed by atoms with Crippen molar-refractivity contribution in [3.8, 4) is 27.9 Å². The molecule has 0 saturated heterocycles. The van der Waals surface area contributed by atoms with E-state index < -0.39 is 0 Å². The molecule has 0 spiro atoms. The molecule has 0 unspecified atom stereocenters. The minimum atomic E-state index is 1.01. The molecular formula is C48H32N2S. The Labute approximate surface area is 300 Å². The maximum absolute atomic E-state index is 4.55. The van der Waals surface area contributed by atoms with E-state index in [1.54, 1.807) is 0 Å². The number of nitrogens with zero attached hydrogens (tertiary/aromatic N) is 2. The molecule has 3 heteroatoms. The summed E-state index contributed by atoms with van der Waals surface area (Å²) in [5.41, 5.74) is 12.9. The number of hydrogen-bond acceptors (Lipinski definition) is 2. The first-order valence-electron chi connectivity index (χ1n) is 17.3. The molecule has 10 rings (SSSR count). The lowest BCUT2D eigenvalue weighted by atomic mass is 9.97. The van der Waals surface area contributed by atoms with E-state index in [-0.39, 0.29) is 0 Å². The summed E-state index contributed by atoms with van der Waals surface area (Å²) in [6, 6.07) is 57.1. The molecule has 0 bridgehead atoms. The highest BCUT2D eigenvalue weighted by molar-refractivity contribution is 7.26. The van der Waals surface area contributed by atoms with Crippen molar-refractivity contribution in [2.24, 2.45) is 0 Å². The summed E-state index contributed by atoms with van der Waals surface area (Å²) in [6.45, 7) is 4.55. The Morgan fingerprint density at radius 3 is 1.80 bits per heavy atom. The van der Waals surface area contributed by atoms with Gasteiger partial charge in [-0.1, -0.05) is 122 Å². The predicted octanol–water partition coefficient (Wildman–Crippen LogP) is 13.7. The normalized spacial score (nSPS) is 14.2. The number of thiophene rings is 1. The predicted molar refractivity (Wildman–Crippen MR) is 220 cm³/mol. The van der Waals surface area contributed by atoms with Crippen molar-refractivity contribution in [1.29, 1.82) is 0 Å². The van der Waals surface area contributed by atoms with Crippen molar-refractivity contribution < 1.29 is 0 Å². The topological polar surface area (TPSA) is 8.17 Å². The standard InChI is InChI=1S/C48H32N2S/c1-32-11-9-10-30-49(37-23-18-34(19-24-37)33-12-3-2-4-13-33)45-28-27-41-42-31-36(22-29-46(42)51-48(41)47(32)45)35-20-25-38(26-21-35)50-43-16-7-5-14-39(43)40-15-6-8-17-44(40)50/h2-31H,1H2/b11-9-,30-10-. The van der Waals surface area contributed by atoms with Crippen LogP contribution in [-0.2, 0) is 0 Å². The van der Waals surface area contributed by atoms with Crippen LogP contribution in [0, 0.1) is 0 Å². The van der Waals surface area contributed by atoms with Crippen molar-refractivity contribution in [3.05, 3.63) is 194 Å². The van der Waals surface area contributed by atoms with Crippen LogP contribution in [0.5, 0.6) is 0 Å². The summed E-state index contributed by atoms with van der Waals surface area (Å²) in [6.07, 6.45) is 8.45. The van der Waals surface area contributed by atoms with E-state index in [9.17, 15) is 0 Å². The molecule has 0 radical (unpaired) electrons. The average Bonchev–Trinajstić information content (AvgIpc) is 3.73. The Balaban J connectivity index is 1.04. The summed E-state index contributed by atoms with van der Waals surface area (Å²) in [5, 5.41) is 5.09. The van der Waals surface area contributed by atoms with E-state index in [1.165, 1.54) is 69.8 Å². The lowest BCUT2D eigenvalue weighted by molar-refractivity contribution is 1.18. The van der Waals surface area contributed by atoms with Gasteiger partial charge < -0.3 is 9.47 Å². The van der Waals surface area contributed by atoms with Gasteiger partial charge >= 0.3 is 0 Å². The first-order valence-corrected chi connectivity index (χ1v) is 18.1. The van der Waals surface area contributed by atoms with Crippen LogP contribution in [0.25, 0.3) is 75.5 Å². The summed E-state index contributed by atoms with van der Waals surface area (Å²) >= 11 is 1.85. The van der Waals surface area contributed by atoms with Crippen molar-refractivity contribution in [3.63, 3.8) is 0 Å². The molecule has 240 valence electrons. The number of hydrogen-bond donors (Lipinski definition) is 0. The molecule has 0 amide bonds. The summed E-state index contributed by atoms with van der Waals surface area (Å²) in [4.78, 5) is 2.28. The van der Waals surface area contributed by atoms with Gasteiger partial charge in [0.25, 0.3) is 0 Å². The number of aromatic nitrogens is 1. The van der Waals surface area contributed by atoms with Gasteiger partial charge in [-0.25, -0.2) is 0 Å². The molecule has 0 N–H and O–H groups in total. The molecular weight excluding hydrogens is 637 g/mol. The van der Waals surface area contributed by atoms with Gasteiger partial charge in [0.15, 0.2) is 0 Å². The number of fused-ring (bicyclic) bond motifs is 8. The largest absolute Gasteiger partial charge is 0.317 e. The molecule has 9 aromatic rings. The number of anilines is 2. The smallest absolute Gasteiger partial charge is 0.0548 e. The second-order valence-electron chi connectivity index (χ2n) is 13.1. The number of para-hydroxylation sites is 2. The Morgan fingerprint density at radius 1 is 0.471 bits per heavy atom. The van der Waals surface area contributed by atoms with Crippen LogP contribution in [0.3, 0.4) is 0 Å². The molecule has 51 heavy (non-hydrogen) atoms. The van der Waals surface area contributed by atoms with E-state index in [0.29, 0.717) is 0 Å². The van der Waals surface area contributed by atoms with Crippen LogP contribution >= 0.6 is 11.3 Å². The van der Waals surface area contributed by atoms with E-state index in [4.69, 9.17) is 0 Å². The Hall–Kier alpha value is -6.42. The first kappa shape index (κ1) is 29.5. The Bertz CT molecular complexity index is 2800. The van der Waals surface area contributed by atoms with Crippen LogP contribution in [0.15, 0.2) is 189 Å². The third kappa shape index (κ3) is 4.85. The summed E-state index contributed by atoms with van der Waals surface area (Å²) in [5.74, 6) is 0. The lowest BCUT2D eigenvalue weighted by Gasteiger charge is -2.25. The third-order valence-electron chi connectivity index (χ3n) is 10.1. The second kappa shape index (κ2) is 11.9. The van der Waals surface area contributed by atoms with Gasteiger partial charge in [0.1, 0.15) is 0 Å². The van der Waals surface area contributed by atoms with Crippen LogP contribution in [-0.4, -0.2) is 4.57 Å². The second-order valence-corrected chi connectivity index (χ2v) is 14.1. The molecule has 1 aliphatic heterocycles. The van der Waals surface area contributed by atoms with E-state index >= 15 is 0 Å². The van der Waals surface area contributed by atoms with Crippen molar-refractivity contribution in [1.82, 2.24) is 4.57 Å².